The summed E-state index contributed by atoms with van der Waals surface area (Å²) < 4.78 is 12.9. The van der Waals surface area contributed by atoms with E-state index in [0.29, 0.717) is 11.6 Å². The molecular weight excluding hydrogens is 321 g/mol. The van der Waals surface area contributed by atoms with Gasteiger partial charge in [-0.25, -0.2) is 14.4 Å². The molecule has 126 valence electrons. The van der Waals surface area contributed by atoms with E-state index in [-0.39, 0.29) is 11.7 Å². The van der Waals surface area contributed by atoms with Crippen molar-refractivity contribution in [2.75, 3.05) is 16.0 Å². The predicted molar refractivity (Wildman–Crippen MR) is 95.7 cm³/mol. The number of benzene rings is 2. The molecular formula is C18H16FN5O. The Morgan fingerprint density at radius 2 is 1.32 bits per heavy atom. The van der Waals surface area contributed by atoms with E-state index in [1.165, 1.54) is 25.4 Å². The molecule has 3 rings (SSSR count). The SMILES string of the molecule is CC(=O)Nc1ccc(Nc2cc(Nc3ccc(F)cc3)ncn2)cc1. The van der Waals surface area contributed by atoms with Gasteiger partial charge >= 0.3 is 0 Å². The van der Waals surface area contributed by atoms with Gasteiger partial charge in [0.05, 0.1) is 0 Å². The van der Waals surface area contributed by atoms with E-state index in [9.17, 15) is 9.18 Å². The van der Waals surface area contributed by atoms with Crippen LogP contribution < -0.4 is 16.0 Å². The Morgan fingerprint density at radius 3 is 1.84 bits per heavy atom. The molecule has 2 aromatic carbocycles. The first kappa shape index (κ1) is 16.4. The van der Waals surface area contributed by atoms with E-state index < -0.39 is 0 Å². The molecule has 1 amide bonds. The van der Waals surface area contributed by atoms with Crippen molar-refractivity contribution in [2.45, 2.75) is 6.92 Å². The van der Waals surface area contributed by atoms with Gasteiger partial charge in [-0.3, -0.25) is 4.79 Å². The zero-order valence-electron chi connectivity index (χ0n) is 13.5. The number of anilines is 5. The molecule has 1 aromatic heterocycles. The second-order valence-electron chi connectivity index (χ2n) is 5.30. The molecule has 0 unspecified atom stereocenters. The minimum absolute atomic E-state index is 0.118. The van der Waals surface area contributed by atoms with Crippen molar-refractivity contribution in [1.82, 2.24) is 9.97 Å². The predicted octanol–water partition coefficient (Wildman–Crippen LogP) is 4.06. The van der Waals surface area contributed by atoms with Crippen LogP contribution in [-0.4, -0.2) is 15.9 Å². The molecule has 0 saturated carbocycles. The number of halogens is 1. The molecule has 0 saturated heterocycles. The molecule has 0 aliphatic heterocycles. The lowest BCUT2D eigenvalue weighted by Crippen LogP contribution is -2.05. The monoisotopic (exact) mass is 337 g/mol. The zero-order chi connectivity index (χ0) is 17.6. The highest BCUT2D eigenvalue weighted by Gasteiger charge is 2.02. The first-order valence-electron chi connectivity index (χ1n) is 7.58. The summed E-state index contributed by atoms with van der Waals surface area (Å²) in [6, 6.07) is 15.0. The van der Waals surface area contributed by atoms with E-state index in [2.05, 4.69) is 25.9 Å². The summed E-state index contributed by atoms with van der Waals surface area (Å²) in [6.07, 6.45) is 1.43. The van der Waals surface area contributed by atoms with Crippen molar-refractivity contribution in [2.24, 2.45) is 0 Å². The first-order chi connectivity index (χ1) is 12.1. The average Bonchev–Trinajstić information content (AvgIpc) is 2.59. The number of hydrogen-bond acceptors (Lipinski definition) is 5. The molecule has 0 bridgehead atoms. The quantitative estimate of drug-likeness (QED) is 0.654. The van der Waals surface area contributed by atoms with Gasteiger partial charge in [-0.05, 0) is 48.5 Å². The van der Waals surface area contributed by atoms with Crippen LogP contribution in [0.15, 0.2) is 60.9 Å². The minimum atomic E-state index is -0.293. The fourth-order valence-corrected chi connectivity index (χ4v) is 2.16. The van der Waals surface area contributed by atoms with E-state index in [1.54, 1.807) is 30.3 Å². The van der Waals surface area contributed by atoms with Crippen molar-refractivity contribution in [1.29, 1.82) is 0 Å². The van der Waals surface area contributed by atoms with Gasteiger partial charge in [0.25, 0.3) is 0 Å². The van der Waals surface area contributed by atoms with E-state index in [4.69, 9.17) is 0 Å². The number of carbonyl (C=O) groups excluding carboxylic acids is 1. The lowest BCUT2D eigenvalue weighted by molar-refractivity contribution is -0.114. The van der Waals surface area contributed by atoms with Crippen molar-refractivity contribution in [3.63, 3.8) is 0 Å². The Balaban J connectivity index is 1.68. The molecule has 0 spiro atoms. The zero-order valence-corrected chi connectivity index (χ0v) is 13.5. The summed E-state index contributed by atoms with van der Waals surface area (Å²) in [5, 5.41) is 8.95. The van der Waals surface area contributed by atoms with Gasteiger partial charge in [-0.15, -0.1) is 0 Å². The molecule has 25 heavy (non-hydrogen) atoms. The van der Waals surface area contributed by atoms with Crippen LogP contribution in [0.5, 0.6) is 0 Å². The van der Waals surface area contributed by atoms with Crippen molar-refractivity contribution in [3.05, 3.63) is 66.7 Å². The lowest BCUT2D eigenvalue weighted by Gasteiger charge is -2.09. The first-order valence-corrected chi connectivity index (χ1v) is 7.58. The number of nitrogens with zero attached hydrogens (tertiary/aromatic N) is 2. The maximum atomic E-state index is 12.9. The van der Waals surface area contributed by atoms with Gasteiger partial charge in [0.15, 0.2) is 0 Å². The van der Waals surface area contributed by atoms with Gasteiger partial charge < -0.3 is 16.0 Å². The molecule has 3 N–H and O–H groups in total. The van der Waals surface area contributed by atoms with E-state index in [1.807, 2.05) is 12.1 Å². The third-order valence-electron chi connectivity index (χ3n) is 3.26. The molecule has 0 fully saturated rings. The molecule has 6 nitrogen and oxygen atoms in total. The molecule has 3 aromatic rings. The van der Waals surface area contributed by atoms with Crippen molar-refractivity contribution >= 4 is 34.6 Å². The number of aromatic nitrogens is 2. The largest absolute Gasteiger partial charge is 0.340 e. The third kappa shape index (κ3) is 4.74. The highest BCUT2D eigenvalue weighted by Crippen LogP contribution is 2.20. The fourth-order valence-electron chi connectivity index (χ4n) is 2.16. The number of nitrogens with one attached hydrogen (secondary N) is 3. The van der Waals surface area contributed by atoms with Crippen molar-refractivity contribution < 1.29 is 9.18 Å². The van der Waals surface area contributed by atoms with Gasteiger partial charge in [-0.2, -0.15) is 0 Å². The normalized spacial score (nSPS) is 10.2. The van der Waals surface area contributed by atoms with Crippen LogP contribution >= 0.6 is 0 Å². The highest BCUT2D eigenvalue weighted by atomic mass is 19.1. The van der Waals surface area contributed by atoms with Gasteiger partial charge in [0, 0.05) is 30.1 Å². The Hall–Kier alpha value is -3.48. The third-order valence-corrected chi connectivity index (χ3v) is 3.26. The van der Waals surface area contributed by atoms with Crippen LogP contribution in [0.25, 0.3) is 0 Å². The Labute approximate surface area is 144 Å². The van der Waals surface area contributed by atoms with Crippen LogP contribution in [-0.2, 0) is 4.79 Å². The number of hydrogen-bond donors (Lipinski definition) is 3. The fraction of sp³-hybridized carbons (Fsp3) is 0.0556. The van der Waals surface area contributed by atoms with Crippen LogP contribution in [0, 0.1) is 5.82 Å². The number of amides is 1. The lowest BCUT2D eigenvalue weighted by atomic mass is 10.2. The van der Waals surface area contributed by atoms with Crippen LogP contribution in [0.3, 0.4) is 0 Å². The smallest absolute Gasteiger partial charge is 0.221 e. The standard InChI is InChI=1S/C18H16FN5O/c1-12(25)22-14-6-8-16(9-7-14)24-18-10-17(20-11-21-18)23-15-4-2-13(19)3-5-15/h2-11H,1H3,(H,22,25)(H2,20,21,23,24). The summed E-state index contributed by atoms with van der Waals surface area (Å²) in [5.41, 5.74) is 2.27. The van der Waals surface area contributed by atoms with Crippen LogP contribution in [0.1, 0.15) is 6.92 Å². The summed E-state index contributed by atoms with van der Waals surface area (Å²) >= 11 is 0. The van der Waals surface area contributed by atoms with E-state index >= 15 is 0 Å². The summed E-state index contributed by atoms with van der Waals surface area (Å²) in [7, 11) is 0. The summed E-state index contributed by atoms with van der Waals surface area (Å²) in [4.78, 5) is 19.3. The van der Waals surface area contributed by atoms with Crippen molar-refractivity contribution in [3.8, 4) is 0 Å². The van der Waals surface area contributed by atoms with Crippen LogP contribution in [0.4, 0.5) is 33.1 Å². The molecule has 0 atom stereocenters. The maximum absolute atomic E-state index is 12.9. The van der Waals surface area contributed by atoms with Gasteiger partial charge in [-0.1, -0.05) is 0 Å². The Bertz CT molecular complexity index is 865. The summed E-state index contributed by atoms with van der Waals surface area (Å²) in [5.74, 6) is 0.775. The van der Waals surface area contributed by atoms with E-state index in [0.717, 1.165) is 17.1 Å². The molecule has 0 aliphatic carbocycles. The average molecular weight is 337 g/mol. The second kappa shape index (κ2) is 7.39. The molecule has 0 radical (unpaired) electrons. The van der Waals surface area contributed by atoms with Gasteiger partial charge in [0.1, 0.15) is 23.8 Å². The second-order valence-corrected chi connectivity index (χ2v) is 5.30. The van der Waals surface area contributed by atoms with Gasteiger partial charge in [0.2, 0.25) is 5.91 Å². The number of carbonyl (C=O) groups is 1. The molecule has 7 heteroatoms. The summed E-state index contributed by atoms with van der Waals surface area (Å²) in [6.45, 7) is 1.46. The van der Waals surface area contributed by atoms with Crippen LogP contribution in [0.2, 0.25) is 0 Å². The topological polar surface area (TPSA) is 78.9 Å². The molecule has 1 heterocycles. The maximum Gasteiger partial charge on any atom is 0.221 e. The Kier molecular flexibility index (Phi) is 4.84. The highest BCUT2D eigenvalue weighted by molar-refractivity contribution is 5.88. The molecule has 0 aliphatic rings. The minimum Gasteiger partial charge on any atom is -0.340 e. The number of rotatable bonds is 5. The Morgan fingerprint density at radius 1 is 0.840 bits per heavy atom.